The fourth-order valence-corrected chi connectivity index (χ4v) is 2.93. The SMILES string of the molecule is Cc1noc(C)c1CCC(=O)NCc1ccc(Oc2nccs2)cc1. The molecule has 0 aliphatic carbocycles. The van der Waals surface area contributed by atoms with Gasteiger partial charge in [0.2, 0.25) is 5.91 Å². The topological polar surface area (TPSA) is 77.2 Å². The first-order valence-corrected chi connectivity index (χ1v) is 8.84. The molecule has 1 aromatic carbocycles. The molecule has 0 aliphatic heterocycles. The zero-order chi connectivity index (χ0) is 17.6. The largest absolute Gasteiger partial charge is 0.431 e. The number of aryl methyl sites for hydroxylation is 2. The molecule has 0 unspecified atom stereocenters. The van der Waals surface area contributed by atoms with Crippen molar-refractivity contribution in [3.63, 3.8) is 0 Å². The van der Waals surface area contributed by atoms with Crippen molar-refractivity contribution in [2.24, 2.45) is 0 Å². The molecular formula is C18H19N3O3S. The fraction of sp³-hybridized carbons (Fsp3) is 0.278. The van der Waals surface area contributed by atoms with Gasteiger partial charge in [0.15, 0.2) is 0 Å². The molecule has 130 valence electrons. The van der Waals surface area contributed by atoms with Gasteiger partial charge in [0.25, 0.3) is 5.19 Å². The third-order valence-corrected chi connectivity index (χ3v) is 4.46. The second kappa shape index (κ2) is 7.94. The number of thiazole rings is 1. The maximum absolute atomic E-state index is 12.0. The molecule has 1 amide bonds. The highest BCUT2D eigenvalue weighted by Crippen LogP contribution is 2.23. The zero-order valence-corrected chi connectivity index (χ0v) is 14.9. The number of amides is 1. The minimum absolute atomic E-state index is 0.00288. The van der Waals surface area contributed by atoms with E-state index in [1.165, 1.54) is 11.3 Å². The molecule has 3 rings (SSSR count). The van der Waals surface area contributed by atoms with Crippen LogP contribution >= 0.6 is 11.3 Å². The Balaban J connectivity index is 1.45. The van der Waals surface area contributed by atoms with Crippen LogP contribution in [0.4, 0.5) is 0 Å². The van der Waals surface area contributed by atoms with Crippen LogP contribution < -0.4 is 10.1 Å². The zero-order valence-electron chi connectivity index (χ0n) is 14.1. The van der Waals surface area contributed by atoms with Crippen molar-refractivity contribution < 1.29 is 14.1 Å². The average molecular weight is 357 g/mol. The molecule has 2 aromatic heterocycles. The highest BCUT2D eigenvalue weighted by molar-refractivity contribution is 7.11. The standard InChI is InChI=1S/C18H19N3O3S/c1-12-16(13(2)24-21-12)7-8-17(22)20-11-14-3-5-15(6-4-14)23-18-19-9-10-25-18/h3-6,9-10H,7-8,11H2,1-2H3,(H,20,22). The van der Waals surface area contributed by atoms with Gasteiger partial charge in [0.05, 0.1) is 5.69 Å². The van der Waals surface area contributed by atoms with Crippen LogP contribution in [0.3, 0.4) is 0 Å². The van der Waals surface area contributed by atoms with Gasteiger partial charge >= 0.3 is 0 Å². The lowest BCUT2D eigenvalue weighted by atomic mass is 10.1. The van der Waals surface area contributed by atoms with Gasteiger partial charge in [0, 0.05) is 30.1 Å². The number of hydrogen-bond acceptors (Lipinski definition) is 6. The summed E-state index contributed by atoms with van der Waals surface area (Å²) >= 11 is 1.44. The first kappa shape index (κ1) is 17.2. The van der Waals surface area contributed by atoms with E-state index in [-0.39, 0.29) is 5.91 Å². The summed E-state index contributed by atoms with van der Waals surface area (Å²) in [6.45, 7) is 4.24. The van der Waals surface area contributed by atoms with Gasteiger partial charge in [-0.15, -0.1) is 0 Å². The monoisotopic (exact) mass is 357 g/mol. The van der Waals surface area contributed by atoms with Crippen LogP contribution in [0.25, 0.3) is 0 Å². The van der Waals surface area contributed by atoms with E-state index < -0.39 is 0 Å². The Morgan fingerprint density at radius 1 is 1.28 bits per heavy atom. The van der Waals surface area contributed by atoms with Crippen molar-refractivity contribution in [3.8, 4) is 10.9 Å². The van der Waals surface area contributed by atoms with Crippen LogP contribution in [0.15, 0.2) is 40.4 Å². The van der Waals surface area contributed by atoms with E-state index in [2.05, 4.69) is 15.5 Å². The molecular weight excluding hydrogens is 338 g/mol. The van der Waals surface area contributed by atoms with E-state index in [0.717, 1.165) is 28.3 Å². The molecule has 6 nitrogen and oxygen atoms in total. The van der Waals surface area contributed by atoms with Crippen molar-refractivity contribution in [1.82, 2.24) is 15.5 Å². The number of hydrogen-bond donors (Lipinski definition) is 1. The van der Waals surface area contributed by atoms with E-state index in [9.17, 15) is 4.79 Å². The number of aromatic nitrogens is 2. The van der Waals surface area contributed by atoms with Gasteiger partial charge in [-0.2, -0.15) is 0 Å². The smallest absolute Gasteiger partial charge is 0.278 e. The molecule has 1 N–H and O–H groups in total. The average Bonchev–Trinajstić information content (AvgIpc) is 3.23. The molecule has 0 saturated carbocycles. The van der Waals surface area contributed by atoms with Crippen LogP contribution in [0.2, 0.25) is 0 Å². The van der Waals surface area contributed by atoms with Crippen LogP contribution in [-0.2, 0) is 17.8 Å². The third-order valence-electron chi connectivity index (χ3n) is 3.81. The molecule has 25 heavy (non-hydrogen) atoms. The van der Waals surface area contributed by atoms with E-state index in [1.807, 2.05) is 43.5 Å². The van der Waals surface area contributed by atoms with Gasteiger partial charge in [-0.1, -0.05) is 28.6 Å². The Morgan fingerprint density at radius 3 is 2.72 bits per heavy atom. The maximum Gasteiger partial charge on any atom is 0.278 e. The summed E-state index contributed by atoms with van der Waals surface area (Å²) in [5.41, 5.74) is 2.87. The van der Waals surface area contributed by atoms with Gasteiger partial charge in [-0.25, -0.2) is 4.98 Å². The van der Waals surface area contributed by atoms with E-state index in [0.29, 0.717) is 24.6 Å². The predicted octanol–water partition coefficient (Wildman–Crippen LogP) is 3.79. The fourth-order valence-electron chi connectivity index (χ4n) is 2.42. The highest BCUT2D eigenvalue weighted by atomic mass is 32.1. The molecule has 0 aliphatic rings. The van der Waals surface area contributed by atoms with Gasteiger partial charge < -0.3 is 14.6 Å². The Bertz CT molecular complexity index is 806. The second-order valence-corrected chi connectivity index (χ2v) is 6.48. The van der Waals surface area contributed by atoms with Crippen LogP contribution in [0.1, 0.15) is 29.0 Å². The van der Waals surface area contributed by atoms with Crippen molar-refractivity contribution in [2.75, 3.05) is 0 Å². The lowest BCUT2D eigenvalue weighted by Crippen LogP contribution is -2.23. The number of nitrogens with one attached hydrogen (secondary N) is 1. The summed E-state index contributed by atoms with van der Waals surface area (Å²) in [6, 6.07) is 7.59. The van der Waals surface area contributed by atoms with Crippen LogP contribution in [-0.4, -0.2) is 16.0 Å². The van der Waals surface area contributed by atoms with Crippen LogP contribution in [0, 0.1) is 13.8 Å². The summed E-state index contributed by atoms with van der Waals surface area (Å²) in [7, 11) is 0. The summed E-state index contributed by atoms with van der Waals surface area (Å²) in [5.74, 6) is 1.51. The molecule has 0 fully saturated rings. The molecule has 0 radical (unpaired) electrons. The van der Waals surface area contributed by atoms with Crippen molar-refractivity contribution >= 4 is 17.2 Å². The first-order valence-electron chi connectivity index (χ1n) is 7.96. The van der Waals surface area contributed by atoms with Crippen molar-refractivity contribution in [3.05, 3.63) is 58.4 Å². The third kappa shape index (κ3) is 4.67. The summed E-state index contributed by atoms with van der Waals surface area (Å²) in [4.78, 5) is 16.1. The van der Waals surface area contributed by atoms with Gasteiger partial charge in [0.1, 0.15) is 11.5 Å². The minimum Gasteiger partial charge on any atom is -0.431 e. The van der Waals surface area contributed by atoms with Gasteiger partial charge in [-0.3, -0.25) is 4.79 Å². The Hall–Kier alpha value is -2.67. The quantitative estimate of drug-likeness (QED) is 0.696. The summed E-state index contributed by atoms with van der Waals surface area (Å²) in [5, 5.41) is 9.30. The first-order chi connectivity index (χ1) is 12.1. The molecule has 0 atom stereocenters. The number of carbonyl (C=O) groups is 1. The number of rotatable bonds is 7. The number of benzene rings is 1. The van der Waals surface area contributed by atoms with E-state index in [4.69, 9.17) is 9.26 Å². The molecule has 2 heterocycles. The Labute approximate surface area is 149 Å². The second-order valence-electron chi connectivity index (χ2n) is 5.62. The molecule has 0 bridgehead atoms. The summed E-state index contributed by atoms with van der Waals surface area (Å²) < 4.78 is 10.7. The lowest BCUT2D eigenvalue weighted by molar-refractivity contribution is -0.121. The molecule has 3 aromatic rings. The number of ether oxygens (including phenoxy) is 1. The molecule has 0 spiro atoms. The predicted molar refractivity (Wildman–Crippen MR) is 94.8 cm³/mol. The summed E-state index contributed by atoms with van der Waals surface area (Å²) in [6.07, 6.45) is 2.74. The lowest BCUT2D eigenvalue weighted by Gasteiger charge is -2.07. The normalized spacial score (nSPS) is 10.6. The van der Waals surface area contributed by atoms with Gasteiger partial charge in [-0.05, 0) is 38.0 Å². The minimum atomic E-state index is 0.00288. The van der Waals surface area contributed by atoms with Crippen molar-refractivity contribution in [2.45, 2.75) is 33.2 Å². The number of nitrogens with zero attached hydrogens (tertiary/aromatic N) is 2. The highest BCUT2D eigenvalue weighted by Gasteiger charge is 2.11. The van der Waals surface area contributed by atoms with E-state index >= 15 is 0 Å². The molecule has 0 saturated heterocycles. The Morgan fingerprint density at radius 2 is 2.08 bits per heavy atom. The van der Waals surface area contributed by atoms with Crippen LogP contribution in [0.5, 0.6) is 10.9 Å². The maximum atomic E-state index is 12.0. The van der Waals surface area contributed by atoms with E-state index in [1.54, 1.807) is 6.20 Å². The number of carbonyl (C=O) groups excluding carboxylic acids is 1. The van der Waals surface area contributed by atoms with Crippen molar-refractivity contribution in [1.29, 1.82) is 0 Å². The Kier molecular flexibility index (Phi) is 5.45. The molecule has 7 heteroatoms.